The summed E-state index contributed by atoms with van der Waals surface area (Å²) in [6.45, 7) is 14.3. The maximum atomic E-state index is 14.7. The summed E-state index contributed by atoms with van der Waals surface area (Å²) in [5.41, 5.74) is 5.25. The molecule has 44 heavy (non-hydrogen) atoms. The number of rotatable bonds is 13. The predicted octanol–water partition coefficient (Wildman–Crippen LogP) is 10.4. The van der Waals surface area contributed by atoms with E-state index in [1.807, 2.05) is 6.20 Å². The molecule has 0 aromatic heterocycles. The van der Waals surface area contributed by atoms with Crippen LogP contribution in [0.2, 0.25) is 0 Å². The minimum absolute atomic E-state index is 0.195. The van der Waals surface area contributed by atoms with E-state index in [1.54, 1.807) is 6.92 Å². The Kier molecular flexibility index (Phi) is 9.59. The molecule has 0 N–H and O–H groups in total. The van der Waals surface area contributed by atoms with Crippen LogP contribution in [0, 0.1) is 29.1 Å². The van der Waals surface area contributed by atoms with Crippen molar-refractivity contribution in [1.82, 2.24) is 0 Å². The van der Waals surface area contributed by atoms with Crippen LogP contribution in [-0.4, -0.2) is 37.0 Å². The van der Waals surface area contributed by atoms with Crippen LogP contribution < -0.4 is 4.90 Å². The molecule has 4 saturated carbocycles. The SMILES string of the molecule is C=N/C=C(\CCC1CCCCC1)c1cccc(N(CC2(CC)CCC(C3=NC(C4CC4)=NC3)CC2)C(=C)C2CC(C)(F)C2)c1. The summed E-state index contributed by atoms with van der Waals surface area (Å²) in [5, 5.41) is 0. The lowest BCUT2D eigenvalue weighted by atomic mass is 9.67. The van der Waals surface area contributed by atoms with Gasteiger partial charge in [-0.05, 0) is 125 Å². The molecule has 5 aliphatic rings. The number of alkyl halides is 1. The molecule has 4 aliphatic carbocycles. The van der Waals surface area contributed by atoms with Crippen molar-refractivity contribution < 1.29 is 4.39 Å². The fraction of sp³-hybridized carbons (Fsp3) is 0.667. The van der Waals surface area contributed by atoms with Gasteiger partial charge in [-0.15, -0.1) is 0 Å². The van der Waals surface area contributed by atoms with Crippen LogP contribution in [0.15, 0.2) is 57.7 Å². The molecule has 0 amide bonds. The lowest BCUT2D eigenvalue weighted by Gasteiger charge is -2.48. The van der Waals surface area contributed by atoms with Crippen molar-refractivity contribution in [3.8, 4) is 0 Å². The van der Waals surface area contributed by atoms with Crippen LogP contribution in [0.4, 0.5) is 10.1 Å². The minimum atomic E-state index is -1.07. The largest absolute Gasteiger partial charge is 0.345 e. The average molecular weight is 599 g/mol. The number of nitrogens with zero attached hydrogens (tertiary/aromatic N) is 4. The summed E-state index contributed by atoms with van der Waals surface area (Å²) in [6, 6.07) is 9.00. The highest BCUT2D eigenvalue weighted by atomic mass is 19.1. The lowest BCUT2D eigenvalue weighted by molar-refractivity contribution is 0.0407. The predicted molar refractivity (Wildman–Crippen MR) is 186 cm³/mol. The smallest absolute Gasteiger partial charge is 0.126 e. The van der Waals surface area contributed by atoms with E-state index in [-0.39, 0.29) is 11.3 Å². The molecule has 1 aromatic carbocycles. The van der Waals surface area contributed by atoms with E-state index < -0.39 is 5.67 Å². The molecule has 4 fully saturated rings. The molecular weight excluding hydrogens is 543 g/mol. The Morgan fingerprint density at radius 1 is 1.07 bits per heavy atom. The van der Waals surface area contributed by atoms with E-state index in [2.05, 4.69) is 54.4 Å². The minimum Gasteiger partial charge on any atom is -0.345 e. The van der Waals surface area contributed by atoms with Crippen molar-refractivity contribution in [2.75, 3.05) is 18.0 Å². The van der Waals surface area contributed by atoms with Gasteiger partial charge in [0.1, 0.15) is 11.5 Å². The summed E-state index contributed by atoms with van der Waals surface area (Å²) >= 11 is 0. The summed E-state index contributed by atoms with van der Waals surface area (Å²) in [7, 11) is 0. The van der Waals surface area contributed by atoms with Gasteiger partial charge in [-0.25, -0.2) is 9.38 Å². The second-order valence-electron chi connectivity index (χ2n) is 15.2. The Balaban J connectivity index is 1.20. The maximum absolute atomic E-state index is 14.7. The van der Waals surface area contributed by atoms with Gasteiger partial charge in [-0.3, -0.25) is 9.98 Å². The maximum Gasteiger partial charge on any atom is 0.126 e. The van der Waals surface area contributed by atoms with Gasteiger partial charge in [0, 0.05) is 41.7 Å². The number of halogens is 1. The first-order chi connectivity index (χ1) is 21.3. The molecule has 1 aliphatic heterocycles. The Morgan fingerprint density at radius 3 is 2.48 bits per heavy atom. The third-order valence-corrected chi connectivity index (χ3v) is 11.8. The second kappa shape index (κ2) is 13.4. The Hall–Kier alpha value is -2.56. The first-order valence-corrected chi connectivity index (χ1v) is 17.8. The number of amidine groups is 1. The molecule has 4 nitrogen and oxygen atoms in total. The van der Waals surface area contributed by atoms with Gasteiger partial charge < -0.3 is 4.90 Å². The van der Waals surface area contributed by atoms with Crippen LogP contribution in [0.5, 0.6) is 0 Å². The first kappa shape index (κ1) is 31.4. The number of aliphatic imine (C=N–C) groups is 3. The fourth-order valence-corrected chi connectivity index (χ4v) is 8.57. The fourth-order valence-electron chi connectivity index (χ4n) is 8.57. The van der Waals surface area contributed by atoms with Crippen molar-refractivity contribution >= 4 is 29.5 Å². The van der Waals surface area contributed by atoms with Crippen molar-refractivity contribution in [3.63, 3.8) is 0 Å². The van der Waals surface area contributed by atoms with E-state index in [0.717, 1.165) is 43.4 Å². The molecule has 1 heterocycles. The normalized spacial score (nSPS) is 31.2. The van der Waals surface area contributed by atoms with Gasteiger partial charge in [0.15, 0.2) is 0 Å². The molecule has 5 heteroatoms. The van der Waals surface area contributed by atoms with Gasteiger partial charge >= 0.3 is 0 Å². The van der Waals surface area contributed by atoms with Gasteiger partial charge in [0.05, 0.1) is 6.54 Å². The topological polar surface area (TPSA) is 40.3 Å². The van der Waals surface area contributed by atoms with Crippen molar-refractivity contribution in [3.05, 3.63) is 48.3 Å². The van der Waals surface area contributed by atoms with E-state index in [0.29, 0.717) is 24.7 Å². The third-order valence-electron chi connectivity index (χ3n) is 11.8. The van der Waals surface area contributed by atoms with E-state index in [1.165, 1.54) is 99.6 Å². The van der Waals surface area contributed by atoms with E-state index in [4.69, 9.17) is 9.98 Å². The Morgan fingerprint density at radius 2 is 1.82 bits per heavy atom. The molecule has 0 spiro atoms. The van der Waals surface area contributed by atoms with Crippen molar-refractivity contribution in [2.45, 2.75) is 122 Å². The van der Waals surface area contributed by atoms with Crippen LogP contribution in [0.25, 0.3) is 5.57 Å². The molecule has 0 bridgehead atoms. The molecule has 0 saturated heterocycles. The molecule has 0 unspecified atom stereocenters. The van der Waals surface area contributed by atoms with Crippen molar-refractivity contribution in [2.24, 2.45) is 44.1 Å². The van der Waals surface area contributed by atoms with Gasteiger partial charge in [0.2, 0.25) is 0 Å². The summed E-state index contributed by atoms with van der Waals surface area (Å²) in [4.78, 5) is 16.5. The quantitative estimate of drug-likeness (QED) is 0.208. The number of allylic oxidation sites excluding steroid dienone is 2. The van der Waals surface area contributed by atoms with Crippen LogP contribution in [-0.2, 0) is 0 Å². The van der Waals surface area contributed by atoms with E-state index >= 15 is 0 Å². The molecule has 0 atom stereocenters. The zero-order chi connectivity index (χ0) is 30.7. The van der Waals surface area contributed by atoms with E-state index in [9.17, 15) is 4.39 Å². The van der Waals surface area contributed by atoms with Crippen molar-refractivity contribution in [1.29, 1.82) is 0 Å². The number of benzene rings is 1. The zero-order valence-corrected chi connectivity index (χ0v) is 27.5. The zero-order valence-electron chi connectivity index (χ0n) is 27.5. The Bertz CT molecular complexity index is 1280. The summed E-state index contributed by atoms with van der Waals surface area (Å²) in [6.07, 6.45) is 20.6. The first-order valence-electron chi connectivity index (χ1n) is 17.8. The molecule has 238 valence electrons. The number of anilines is 1. The molecule has 6 rings (SSSR count). The molecular formula is C39H55FN4. The number of hydrogen-bond acceptors (Lipinski definition) is 4. The van der Waals surface area contributed by atoms with Gasteiger partial charge in [-0.2, -0.15) is 0 Å². The van der Waals surface area contributed by atoms with Crippen LogP contribution in [0.3, 0.4) is 0 Å². The van der Waals surface area contributed by atoms with Gasteiger partial charge in [0.25, 0.3) is 0 Å². The highest BCUT2D eigenvalue weighted by molar-refractivity contribution is 6.06. The van der Waals surface area contributed by atoms with Gasteiger partial charge in [-0.1, -0.05) is 57.7 Å². The highest BCUT2D eigenvalue weighted by Crippen LogP contribution is 2.49. The van der Waals surface area contributed by atoms with Crippen LogP contribution >= 0.6 is 0 Å². The monoisotopic (exact) mass is 598 g/mol. The summed E-state index contributed by atoms with van der Waals surface area (Å²) < 4.78 is 14.7. The van der Waals surface area contributed by atoms with Crippen LogP contribution in [0.1, 0.15) is 122 Å². The Labute approximate surface area is 266 Å². The third kappa shape index (κ3) is 7.29. The summed E-state index contributed by atoms with van der Waals surface area (Å²) in [5.74, 6) is 3.36. The standard InChI is InChI=1S/C39H55FN4/c1-5-39(20-18-30(19-21-39)36-26-42-37(43-36)31-16-17-31)27-44(28(2)34-23-38(3,40)24-34)35-13-9-12-32(22-35)33(25-41-4)15-14-29-10-7-6-8-11-29/h9,12-13,22,25,29-31,34H,2,4-8,10-11,14-21,23-24,26-27H2,1,3H3/b33-25+. The second-order valence-corrected chi connectivity index (χ2v) is 15.2. The highest BCUT2D eigenvalue weighted by Gasteiger charge is 2.45. The molecule has 1 aromatic rings. The number of hydrogen-bond donors (Lipinski definition) is 0. The molecule has 0 radical (unpaired) electrons. The average Bonchev–Trinajstić information content (AvgIpc) is 3.77. The lowest BCUT2D eigenvalue weighted by Crippen LogP contribution is -2.46.